The Morgan fingerprint density at radius 1 is 1.57 bits per heavy atom. The molecule has 0 spiro atoms. The molecule has 21 heavy (non-hydrogen) atoms. The number of carbonyl (C=O) groups excluding carboxylic acids is 2. The second-order valence-electron chi connectivity index (χ2n) is 4.93. The summed E-state index contributed by atoms with van der Waals surface area (Å²) in [5.74, 6) is -2.04. The van der Waals surface area contributed by atoms with E-state index in [1.54, 1.807) is 16.2 Å². The Morgan fingerprint density at radius 3 is 2.90 bits per heavy atom. The van der Waals surface area contributed by atoms with Crippen LogP contribution in [-0.4, -0.2) is 40.5 Å². The molecule has 4 N–H and O–H groups in total. The Bertz CT molecular complexity index is 572. The fourth-order valence-corrected chi connectivity index (χ4v) is 3.38. The van der Waals surface area contributed by atoms with Crippen molar-refractivity contribution in [1.82, 2.24) is 10.2 Å². The first kappa shape index (κ1) is 15.3. The minimum Gasteiger partial charge on any atom is -0.480 e. The van der Waals surface area contributed by atoms with Gasteiger partial charge in [-0.05, 0) is 30.4 Å². The van der Waals surface area contributed by atoms with Crippen LogP contribution in [0.1, 0.15) is 29.8 Å². The standard InChI is InChI=1S/C13H17N3O4S/c1-7-8-3-5-21-10(8)2-4-16(7)13(20)15-9(12(18)19)6-11(14)17/h3,5,7,9H,2,4,6H2,1H3,(H2,14,17)(H,15,20)(H,18,19). The average molecular weight is 311 g/mol. The Balaban J connectivity index is 2.06. The zero-order valence-electron chi connectivity index (χ0n) is 11.5. The first-order valence-electron chi connectivity index (χ1n) is 6.54. The Morgan fingerprint density at radius 2 is 2.29 bits per heavy atom. The van der Waals surface area contributed by atoms with Crippen molar-refractivity contribution in [2.45, 2.75) is 31.8 Å². The summed E-state index contributed by atoms with van der Waals surface area (Å²) in [6, 6.07) is 0.0597. The predicted octanol–water partition coefficient (Wildman–Crippen LogP) is 0.705. The van der Waals surface area contributed by atoms with Gasteiger partial charge in [0.25, 0.3) is 0 Å². The molecule has 0 aromatic carbocycles. The number of carbonyl (C=O) groups is 3. The lowest BCUT2D eigenvalue weighted by molar-refractivity contribution is -0.141. The predicted molar refractivity (Wildman–Crippen MR) is 76.9 cm³/mol. The van der Waals surface area contributed by atoms with Crippen molar-refractivity contribution >= 4 is 29.2 Å². The van der Waals surface area contributed by atoms with Crippen LogP contribution >= 0.6 is 11.3 Å². The number of hydrogen-bond acceptors (Lipinski definition) is 4. The molecule has 114 valence electrons. The molecule has 0 saturated carbocycles. The number of carboxylic acid groups (broad SMARTS) is 1. The summed E-state index contributed by atoms with van der Waals surface area (Å²) in [6.45, 7) is 2.41. The minimum atomic E-state index is -1.30. The zero-order chi connectivity index (χ0) is 15.6. The fourth-order valence-electron chi connectivity index (χ4n) is 2.42. The number of amides is 3. The van der Waals surface area contributed by atoms with E-state index in [1.807, 2.05) is 18.4 Å². The molecule has 2 unspecified atom stereocenters. The van der Waals surface area contributed by atoms with Crippen LogP contribution in [-0.2, 0) is 16.0 Å². The number of nitrogens with one attached hydrogen (secondary N) is 1. The SMILES string of the molecule is CC1c2ccsc2CCN1C(=O)NC(CC(N)=O)C(=O)O. The summed E-state index contributed by atoms with van der Waals surface area (Å²) in [5.41, 5.74) is 6.08. The molecule has 7 nitrogen and oxygen atoms in total. The minimum absolute atomic E-state index is 0.122. The third kappa shape index (κ3) is 3.33. The van der Waals surface area contributed by atoms with Gasteiger partial charge in [-0.3, -0.25) is 4.79 Å². The van der Waals surface area contributed by atoms with Crippen LogP contribution in [0, 0.1) is 0 Å². The van der Waals surface area contributed by atoms with Crippen LogP contribution in [0.3, 0.4) is 0 Å². The van der Waals surface area contributed by atoms with Crippen LogP contribution in [0.5, 0.6) is 0 Å². The summed E-state index contributed by atoms with van der Waals surface area (Å²) < 4.78 is 0. The van der Waals surface area contributed by atoms with Gasteiger partial charge < -0.3 is 21.1 Å². The number of urea groups is 1. The number of rotatable bonds is 4. The Labute approximate surface area is 125 Å². The normalized spacial score (nSPS) is 18.7. The molecule has 1 aliphatic rings. The molecule has 0 fully saturated rings. The molecule has 1 aromatic rings. The summed E-state index contributed by atoms with van der Waals surface area (Å²) in [7, 11) is 0. The lowest BCUT2D eigenvalue weighted by atomic mass is 10.0. The number of thiophene rings is 1. The molecule has 2 atom stereocenters. The highest BCUT2D eigenvalue weighted by Gasteiger charge is 2.31. The monoisotopic (exact) mass is 311 g/mol. The Hall–Kier alpha value is -2.09. The van der Waals surface area contributed by atoms with Gasteiger partial charge in [0.05, 0.1) is 12.5 Å². The van der Waals surface area contributed by atoms with Crippen molar-refractivity contribution in [3.8, 4) is 0 Å². The van der Waals surface area contributed by atoms with E-state index in [0.717, 1.165) is 12.0 Å². The summed E-state index contributed by atoms with van der Waals surface area (Å²) in [6.07, 6.45) is 0.325. The third-order valence-corrected chi connectivity index (χ3v) is 4.54. The van der Waals surface area contributed by atoms with E-state index in [9.17, 15) is 14.4 Å². The lowest BCUT2D eigenvalue weighted by Crippen LogP contribution is -2.51. The Kier molecular flexibility index (Phi) is 4.46. The highest BCUT2D eigenvalue weighted by molar-refractivity contribution is 7.10. The smallest absolute Gasteiger partial charge is 0.326 e. The third-order valence-electron chi connectivity index (χ3n) is 3.54. The summed E-state index contributed by atoms with van der Waals surface area (Å²) in [4.78, 5) is 37.0. The molecule has 2 heterocycles. The second kappa shape index (κ2) is 6.13. The van der Waals surface area contributed by atoms with Crippen molar-refractivity contribution in [2.75, 3.05) is 6.54 Å². The molecule has 2 rings (SSSR count). The van der Waals surface area contributed by atoms with E-state index < -0.39 is 30.4 Å². The van der Waals surface area contributed by atoms with E-state index in [4.69, 9.17) is 10.8 Å². The summed E-state index contributed by atoms with van der Waals surface area (Å²) in [5, 5.41) is 13.4. The fraction of sp³-hybridized carbons (Fsp3) is 0.462. The van der Waals surface area contributed by atoms with E-state index in [1.165, 1.54) is 4.88 Å². The van der Waals surface area contributed by atoms with Crippen molar-refractivity contribution in [1.29, 1.82) is 0 Å². The largest absolute Gasteiger partial charge is 0.480 e. The summed E-state index contributed by atoms with van der Waals surface area (Å²) >= 11 is 1.66. The highest BCUT2D eigenvalue weighted by atomic mass is 32.1. The molecule has 8 heteroatoms. The van der Waals surface area contributed by atoms with Gasteiger partial charge in [-0.1, -0.05) is 0 Å². The number of nitrogens with two attached hydrogens (primary N) is 1. The lowest BCUT2D eigenvalue weighted by Gasteiger charge is -2.34. The zero-order valence-corrected chi connectivity index (χ0v) is 12.4. The van der Waals surface area contributed by atoms with Crippen molar-refractivity contribution in [2.24, 2.45) is 5.73 Å². The number of hydrogen-bond donors (Lipinski definition) is 3. The first-order chi connectivity index (χ1) is 9.90. The highest BCUT2D eigenvalue weighted by Crippen LogP contribution is 2.32. The molecule has 0 bridgehead atoms. The molecule has 0 saturated heterocycles. The maximum atomic E-state index is 12.2. The van der Waals surface area contributed by atoms with Crippen molar-refractivity contribution in [3.63, 3.8) is 0 Å². The van der Waals surface area contributed by atoms with Crippen molar-refractivity contribution in [3.05, 3.63) is 21.9 Å². The van der Waals surface area contributed by atoms with Gasteiger partial charge in [0.15, 0.2) is 0 Å². The van der Waals surface area contributed by atoms with E-state index in [2.05, 4.69) is 5.32 Å². The first-order valence-corrected chi connectivity index (χ1v) is 7.42. The van der Waals surface area contributed by atoms with Crippen molar-refractivity contribution < 1.29 is 19.5 Å². The van der Waals surface area contributed by atoms with Gasteiger partial charge in [0, 0.05) is 11.4 Å². The molecular weight excluding hydrogens is 294 g/mol. The van der Waals surface area contributed by atoms with Crippen LogP contribution in [0.2, 0.25) is 0 Å². The maximum Gasteiger partial charge on any atom is 0.326 e. The molecule has 0 aliphatic carbocycles. The number of primary amides is 1. The quantitative estimate of drug-likeness (QED) is 0.759. The number of fused-ring (bicyclic) bond motifs is 1. The van der Waals surface area contributed by atoms with Crippen LogP contribution in [0.4, 0.5) is 4.79 Å². The van der Waals surface area contributed by atoms with Crippen LogP contribution in [0.15, 0.2) is 11.4 Å². The van der Waals surface area contributed by atoms with E-state index in [-0.39, 0.29) is 6.04 Å². The van der Waals surface area contributed by atoms with Gasteiger partial charge in [-0.25, -0.2) is 9.59 Å². The molecule has 0 radical (unpaired) electrons. The number of aliphatic carboxylic acids is 1. The van der Waals surface area contributed by atoms with Gasteiger partial charge in [0.1, 0.15) is 6.04 Å². The van der Waals surface area contributed by atoms with Gasteiger partial charge in [0.2, 0.25) is 5.91 Å². The molecule has 1 aromatic heterocycles. The van der Waals surface area contributed by atoms with Gasteiger partial charge in [-0.2, -0.15) is 0 Å². The molecular formula is C13H17N3O4S. The van der Waals surface area contributed by atoms with Gasteiger partial charge >= 0.3 is 12.0 Å². The van der Waals surface area contributed by atoms with Crippen LogP contribution < -0.4 is 11.1 Å². The maximum absolute atomic E-state index is 12.2. The topological polar surface area (TPSA) is 113 Å². The average Bonchev–Trinajstić information content (AvgIpc) is 2.86. The second-order valence-corrected chi connectivity index (χ2v) is 5.93. The number of carboxylic acids is 1. The van der Waals surface area contributed by atoms with E-state index in [0.29, 0.717) is 6.54 Å². The molecule has 3 amide bonds. The van der Waals surface area contributed by atoms with Crippen LogP contribution in [0.25, 0.3) is 0 Å². The van der Waals surface area contributed by atoms with Gasteiger partial charge in [-0.15, -0.1) is 11.3 Å². The van der Waals surface area contributed by atoms with E-state index >= 15 is 0 Å². The molecule has 1 aliphatic heterocycles. The number of nitrogens with zero attached hydrogens (tertiary/aromatic N) is 1.